The van der Waals surface area contributed by atoms with E-state index in [1.165, 1.54) is 16.6 Å². The lowest BCUT2D eigenvalue weighted by atomic mass is 10.2. The van der Waals surface area contributed by atoms with E-state index in [4.69, 9.17) is 14.5 Å². The quantitative estimate of drug-likeness (QED) is 0.268. The van der Waals surface area contributed by atoms with Crippen LogP contribution >= 0.6 is 0 Å². The normalized spacial score (nSPS) is 15.7. The van der Waals surface area contributed by atoms with Gasteiger partial charge in [-0.3, -0.25) is 14.5 Å². The number of aromatic amines is 1. The molecule has 230 valence electrons. The van der Waals surface area contributed by atoms with Crippen molar-refractivity contribution in [2.75, 3.05) is 46.4 Å². The third kappa shape index (κ3) is 6.47. The lowest BCUT2D eigenvalue weighted by Crippen LogP contribution is -2.48. The summed E-state index contributed by atoms with van der Waals surface area (Å²) < 4.78 is 41.8. The maximum Gasteiger partial charge on any atom is 0.279 e. The Hall–Kier alpha value is -3.72. The Labute approximate surface area is 250 Å². The zero-order chi connectivity index (χ0) is 30.7. The van der Waals surface area contributed by atoms with Crippen molar-refractivity contribution in [3.8, 4) is 17.3 Å². The summed E-state index contributed by atoms with van der Waals surface area (Å²) in [6.45, 7) is 11.3. The number of hydrogen-bond acceptors (Lipinski definition) is 10. The van der Waals surface area contributed by atoms with Crippen LogP contribution in [0.3, 0.4) is 0 Å². The van der Waals surface area contributed by atoms with Crippen LogP contribution in [0.25, 0.3) is 22.4 Å². The first kappa shape index (κ1) is 30.7. The Balaban J connectivity index is 1.60. The predicted octanol–water partition coefficient (Wildman–Crippen LogP) is 2.24. The molecule has 0 radical (unpaired) electrons. The van der Waals surface area contributed by atoms with E-state index < -0.39 is 21.7 Å². The van der Waals surface area contributed by atoms with E-state index in [-0.39, 0.29) is 34.3 Å². The van der Waals surface area contributed by atoms with Gasteiger partial charge in [-0.25, -0.2) is 18.4 Å². The van der Waals surface area contributed by atoms with Gasteiger partial charge in [0.1, 0.15) is 22.3 Å². The van der Waals surface area contributed by atoms with Crippen LogP contribution in [0.4, 0.5) is 0 Å². The Bertz CT molecular complexity index is 1760. The van der Waals surface area contributed by atoms with Gasteiger partial charge in [-0.2, -0.15) is 9.40 Å². The van der Waals surface area contributed by atoms with E-state index in [0.717, 1.165) is 23.6 Å². The monoisotopic (exact) mass is 610 g/mol. The molecule has 1 aliphatic rings. The van der Waals surface area contributed by atoms with Crippen LogP contribution in [0.15, 0.2) is 40.2 Å². The molecule has 14 heteroatoms. The number of aromatic nitrogens is 6. The topological polar surface area (TPSA) is 148 Å². The summed E-state index contributed by atoms with van der Waals surface area (Å²) in [6.07, 6.45) is 1.45. The number of pyridine rings is 2. The number of aryl methyl sites for hydroxylation is 2. The lowest BCUT2D eigenvalue weighted by molar-refractivity contribution is 0.0893. The van der Waals surface area contributed by atoms with Gasteiger partial charge in [0, 0.05) is 39.0 Å². The molecule has 13 nitrogen and oxygen atoms in total. The van der Waals surface area contributed by atoms with Crippen molar-refractivity contribution in [1.29, 1.82) is 0 Å². The van der Waals surface area contributed by atoms with Gasteiger partial charge in [0.2, 0.25) is 15.9 Å². The molecule has 0 aliphatic carbocycles. The van der Waals surface area contributed by atoms with E-state index in [9.17, 15) is 13.2 Å². The standard InChI is InChI=1S/C29H38N8O5S/c1-6-24-25-26(34-37(24)17-21-10-8-9-19(3)31-21)28(38)33-27(32-25)23-15-22(16-30-29(23)42-20(4)18-41-5)43(39,40)36-13-11-35(7-2)12-14-36/h8-10,15-16,20H,6-7,11-14,17-18H2,1-5H3,(H,32,33,38)/t20-/m1/s1. The second-order valence-corrected chi connectivity index (χ2v) is 12.5. The number of hydrogen-bond donors (Lipinski definition) is 1. The van der Waals surface area contributed by atoms with Crippen molar-refractivity contribution in [3.05, 3.63) is 57.9 Å². The molecule has 0 unspecified atom stereocenters. The number of sulfonamides is 1. The summed E-state index contributed by atoms with van der Waals surface area (Å²) in [4.78, 5) is 32.2. The summed E-state index contributed by atoms with van der Waals surface area (Å²) in [7, 11) is -2.30. The molecule has 0 aromatic carbocycles. The fraction of sp³-hybridized carbons (Fsp3) is 0.483. The van der Waals surface area contributed by atoms with Gasteiger partial charge < -0.3 is 19.4 Å². The fourth-order valence-corrected chi connectivity index (χ4v) is 6.64. The fourth-order valence-electron chi connectivity index (χ4n) is 5.25. The highest BCUT2D eigenvalue weighted by Crippen LogP contribution is 2.31. The molecular weight excluding hydrogens is 572 g/mol. The smallest absolute Gasteiger partial charge is 0.279 e. The molecule has 1 N–H and O–H groups in total. The summed E-state index contributed by atoms with van der Waals surface area (Å²) in [6, 6.07) is 7.23. The number of nitrogens with zero attached hydrogens (tertiary/aromatic N) is 7. The van der Waals surface area contributed by atoms with Crippen molar-refractivity contribution >= 4 is 21.1 Å². The van der Waals surface area contributed by atoms with Crippen LogP contribution in [0.1, 0.15) is 37.9 Å². The number of nitrogens with one attached hydrogen (secondary N) is 1. The van der Waals surface area contributed by atoms with Crippen molar-refractivity contribution < 1.29 is 17.9 Å². The number of rotatable bonds is 11. The van der Waals surface area contributed by atoms with Crippen LogP contribution in [0.5, 0.6) is 5.88 Å². The number of ether oxygens (including phenoxy) is 2. The molecule has 0 amide bonds. The molecule has 0 spiro atoms. The van der Waals surface area contributed by atoms with Gasteiger partial charge in [-0.1, -0.05) is 19.9 Å². The van der Waals surface area contributed by atoms with E-state index >= 15 is 0 Å². The van der Waals surface area contributed by atoms with E-state index in [1.807, 2.05) is 39.0 Å². The largest absolute Gasteiger partial charge is 0.472 e. The van der Waals surface area contributed by atoms with Gasteiger partial charge in [-0.15, -0.1) is 0 Å². The van der Waals surface area contributed by atoms with Crippen molar-refractivity contribution in [3.63, 3.8) is 0 Å². The maximum absolute atomic E-state index is 13.7. The number of fused-ring (bicyclic) bond motifs is 1. The lowest BCUT2D eigenvalue weighted by Gasteiger charge is -2.33. The van der Waals surface area contributed by atoms with Crippen LogP contribution < -0.4 is 10.3 Å². The van der Waals surface area contributed by atoms with Gasteiger partial charge in [-0.05, 0) is 45.0 Å². The average Bonchev–Trinajstić information content (AvgIpc) is 3.34. The molecule has 1 saturated heterocycles. The molecule has 4 aromatic heterocycles. The minimum Gasteiger partial charge on any atom is -0.472 e. The average molecular weight is 611 g/mol. The number of H-pyrrole nitrogens is 1. The van der Waals surface area contributed by atoms with E-state index in [2.05, 4.69) is 31.9 Å². The molecule has 0 bridgehead atoms. The second-order valence-electron chi connectivity index (χ2n) is 10.6. The highest BCUT2D eigenvalue weighted by Gasteiger charge is 2.30. The summed E-state index contributed by atoms with van der Waals surface area (Å²) in [5, 5.41) is 4.57. The Morgan fingerprint density at radius 2 is 1.86 bits per heavy atom. The third-order valence-electron chi connectivity index (χ3n) is 7.50. The minimum absolute atomic E-state index is 0.00105. The number of piperazine rings is 1. The molecule has 0 saturated carbocycles. The van der Waals surface area contributed by atoms with Gasteiger partial charge in [0.15, 0.2) is 5.52 Å². The second kappa shape index (κ2) is 12.9. The van der Waals surface area contributed by atoms with E-state index in [1.54, 1.807) is 11.8 Å². The Morgan fingerprint density at radius 3 is 2.53 bits per heavy atom. The van der Waals surface area contributed by atoms with Crippen LogP contribution in [-0.2, 0) is 27.7 Å². The Morgan fingerprint density at radius 1 is 1.09 bits per heavy atom. The van der Waals surface area contributed by atoms with Crippen LogP contribution in [0.2, 0.25) is 0 Å². The van der Waals surface area contributed by atoms with Gasteiger partial charge in [0.25, 0.3) is 5.56 Å². The molecular formula is C29H38N8O5S. The first-order chi connectivity index (χ1) is 20.6. The summed E-state index contributed by atoms with van der Waals surface area (Å²) >= 11 is 0. The number of methoxy groups -OCH3 is 1. The maximum atomic E-state index is 13.7. The number of likely N-dealkylation sites (N-methyl/N-ethyl adjacent to an activating group) is 1. The Kier molecular flexibility index (Phi) is 9.20. The zero-order valence-corrected chi connectivity index (χ0v) is 26.0. The van der Waals surface area contributed by atoms with Crippen molar-refractivity contribution in [2.24, 2.45) is 0 Å². The summed E-state index contributed by atoms with van der Waals surface area (Å²) in [5.41, 5.74) is 2.86. The minimum atomic E-state index is -3.86. The SMILES string of the molecule is CCc1c2nc(-c3cc(S(=O)(=O)N4CCN(CC)CC4)cnc3O[C@H](C)COC)[nH]c(=O)c2nn1Cc1cccc(C)n1. The molecule has 1 fully saturated rings. The highest BCUT2D eigenvalue weighted by molar-refractivity contribution is 7.89. The first-order valence-corrected chi connectivity index (χ1v) is 15.9. The van der Waals surface area contributed by atoms with Gasteiger partial charge >= 0.3 is 0 Å². The predicted molar refractivity (Wildman–Crippen MR) is 162 cm³/mol. The highest BCUT2D eigenvalue weighted by atomic mass is 32.2. The first-order valence-electron chi connectivity index (χ1n) is 14.4. The zero-order valence-electron chi connectivity index (χ0n) is 25.2. The van der Waals surface area contributed by atoms with Crippen LogP contribution in [0, 0.1) is 6.92 Å². The summed E-state index contributed by atoms with van der Waals surface area (Å²) in [5.74, 6) is 0.275. The molecule has 1 aliphatic heterocycles. The van der Waals surface area contributed by atoms with Crippen molar-refractivity contribution in [1.82, 2.24) is 38.9 Å². The molecule has 5 heterocycles. The molecule has 4 aromatic rings. The van der Waals surface area contributed by atoms with Crippen LogP contribution in [-0.4, -0.2) is 99.9 Å². The molecule has 43 heavy (non-hydrogen) atoms. The molecule has 5 rings (SSSR count). The molecule has 1 atom stereocenters. The third-order valence-corrected chi connectivity index (χ3v) is 9.37. The van der Waals surface area contributed by atoms with Gasteiger partial charge in [0.05, 0.1) is 36.3 Å². The van der Waals surface area contributed by atoms with Crippen molar-refractivity contribution in [2.45, 2.75) is 51.7 Å². The van der Waals surface area contributed by atoms with E-state index in [0.29, 0.717) is 44.7 Å².